The molecule has 1 heterocycles. The van der Waals surface area contributed by atoms with Crippen LogP contribution >= 0.6 is 11.6 Å². The fraction of sp³-hybridized carbons (Fsp3) is 0.400. The van der Waals surface area contributed by atoms with Crippen LogP contribution in [-0.2, 0) is 0 Å². The molecule has 0 amide bonds. The van der Waals surface area contributed by atoms with E-state index in [2.05, 4.69) is 4.98 Å². The summed E-state index contributed by atoms with van der Waals surface area (Å²) in [5.41, 5.74) is 10.8. The van der Waals surface area contributed by atoms with Crippen LogP contribution < -0.4 is 11.5 Å². The monoisotopic (exact) mass is 227 g/mol. The molecule has 5 heteroatoms. The van der Waals surface area contributed by atoms with Crippen molar-refractivity contribution in [3.05, 3.63) is 22.8 Å². The Bertz CT molecular complexity index is 390. The molecule has 0 aliphatic heterocycles. The van der Waals surface area contributed by atoms with Gasteiger partial charge in [-0.1, -0.05) is 25.4 Å². The molecule has 1 aromatic rings. The van der Waals surface area contributed by atoms with Crippen LogP contribution in [0, 0.1) is 5.41 Å². The molecule has 1 aromatic heterocycles. The van der Waals surface area contributed by atoms with Gasteiger partial charge in [0.15, 0.2) is 5.78 Å². The van der Waals surface area contributed by atoms with E-state index < -0.39 is 5.41 Å². The van der Waals surface area contributed by atoms with Gasteiger partial charge in [-0.15, -0.1) is 0 Å². The van der Waals surface area contributed by atoms with E-state index in [9.17, 15) is 4.79 Å². The highest BCUT2D eigenvalue weighted by Crippen LogP contribution is 2.24. The summed E-state index contributed by atoms with van der Waals surface area (Å²) >= 11 is 5.75. The Kier molecular flexibility index (Phi) is 3.31. The van der Waals surface area contributed by atoms with Gasteiger partial charge < -0.3 is 11.5 Å². The molecule has 4 nitrogen and oxygen atoms in total. The number of rotatable bonds is 3. The summed E-state index contributed by atoms with van der Waals surface area (Å²) in [5, 5.41) is 0.389. The van der Waals surface area contributed by atoms with Crippen LogP contribution in [0.2, 0.25) is 5.02 Å². The molecule has 82 valence electrons. The van der Waals surface area contributed by atoms with Crippen molar-refractivity contribution in [3.8, 4) is 0 Å². The lowest BCUT2D eigenvalue weighted by Gasteiger charge is -2.21. The second-order valence-corrected chi connectivity index (χ2v) is 4.44. The number of anilines is 1. The number of aromatic nitrogens is 1. The van der Waals surface area contributed by atoms with Gasteiger partial charge >= 0.3 is 0 Å². The molecule has 0 spiro atoms. The molecule has 0 aliphatic carbocycles. The molecule has 0 unspecified atom stereocenters. The van der Waals surface area contributed by atoms with Crippen molar-refractivity contribution in [2.45, 2.75) is 13.8 Å². The zero-order valence-corrected chi connectivity index (χ0v) is 9.51. The average molecular weight is 228 g/mol. The average Bonchev–Trinajstić information content (AvgIpc) is 2.20. The van der Waals surface area contributed by atoms with Crippen LogP contribution in [0.1, 0.15) is 24.2 Å². The maximum Gasteiger partial charge on any atom is 0.173 e. The van der Waals surface area contributed by atoms with E-state index in [1.165, 1.54) is 12.3 Å². The number of ketones is 1. The molecule has 0 saturated heterocycles. The maximum atomic E-state index is 12.0. The van der Waals surface area contributed by atoms with Crippen molar-refractivity contribution in [1.82, 2.24) is 4.98 Å². The first kappa shape index (κ1) is 11.9. The number of nitrogens with zero attached hydrogens (tertiary/aromatic N) is 1. The molecule has 1 rings (SSSR count). The van der Waals surface area contributed by atoms with E-state index in [4.69, 9.17) is 23.1 Å². The third-order valence-corrected chi connectivity index (χ3v) is 2.46. The minimum atomic E-state index is -0.652. The highest BCUT2D eigenvalue weighted by atomic mass is 35.5. The molecule has 0 fully saturated rings. The van der Waals surface area contributed by atoms with E-state index in [0.717, 1.165) is 0 Å². The molecule has 4 N–H and O–H groups in total. The molecule has 0 aromatic carbocycles. The first-order valence-electron chi connectivity index (χ1n) is 4.54. The first-order chi connectivity index (χ1) is 6.88. The normalized spacial score (nSPS) is 11.5. The number of carbonyl (C=O) groups excluding carboxylic acids is 1. The van der Waals surface area contributed by atoms with Gasteiger partial charge in [-0.25, -0.2) is 4.98 Å². The van der Waals surface area contributed by atoms with Crippen molar-refractivity contribution in [1.29, 1.82) is 0 Å². The first-order valence-corrected chi connectivity index (χ1v) is 4.92. The summed E-state index contributed by atoms with van der Waals surface area (Å²) in [7, 11) is 0. The van der Waals surface area contributed by atoms with Crippen LogP contribution in [0.25, 0.3) is 0 Å². The lowest BCUT2D eigenvalue weighted by molar-refractivity contribution is 0.0848. The lowest BCUT2D eigenvalue weighted by Crippen LogP contribution is -2.33. The van der Waals surface area contributed by atoms with Gasteiger partial charge in [0.2, 0.25) is 0 Å². The van der Waals surface area contributed by atoms with Crippen molar-refractivity contribution in [2.24, 2.45) is 11.1 Å². The largest absolute Gasteiger partial charge is 0.383 e. The highest BCUT2D eigenvalue weighted by Gasteiger charge is 2.28. The fourth-order valence-corrected chi connectivity index (χ4v) is 1.25. The van der Waals surface area contributed by atoms with Crippen LogP contribution in [0.4, 0.5) is 5.82 Å². The number of hydrogen-bond acceptors (Lipinski definition) is 4. The molecule has 0 saturated carbocycles. The summed E-state index contributed by atoms with van der Waals surface area (Å²) in [5.74, 6) is 0.0448. The summed E-state index contributed by atoms with van der Waals surface area (Å²) < 4.78 is 0. The second kappa shape index (κ2) is 4.16. The zero-order chi connectivity index (χ0) is 11.6. The third-order valence-electron chi connectivity index (χ3n) is 2.25. The Morgan fingerprint density at radius 1 is 1.60 bits per heavy atom. The fourth-order valence-electron chi connectivity index (χ4n) is 1.09. The van der Waals surface area contributed by atoms with E-state index in [1.54, 1.807) is 13.8 Å². The zero-order valence-electron chi connectivity index (χ0n) is 8.75. The predicted octanol–water partition coefficient (Wildman–Crippen LogP) is 1.48. The number of halogens is 1. The molecule has 0 bridgehead atoms. The van der Waals surface area contributed by atoms with Crippen LogP contribution in [0.5, 0.6) is 0 Å². The number of nitrogen functional groups attached to an aromatic ring is 1. The Morgan fingerprint density at radius 2 is 2.20 bits per heavy atom. The molecular weight excluding hydrogens is 214 g/mol. The van der Waals surface area contributed by atoms with Gasteiger partial charge in [0.05, 0.1) is 10.6 Å². The van der Waals surface area contributed by atoms with E-state index in [0.29, 0.717) is 10.6 Å². The van der Waals surface area contributed by atoms with Gasteiger partial charge in [0, 0.05) is 18.2 Å². The minimum absolute atomic E-state index is 0.141. The van der Waals surface area contributed by atoms with Gasteiger partial charge in [0.1, 0.15) is 5.82 Å². The summed E-state index contributed by atoms with van der Waals surface area (Å²) in [6.07, 6.45) is 1.41. The van der Waals surface area contributed by atoms with Crippen molar-refractivity contribution < 1.29 is 4.79 Å². The van der Waals surface area contributed by atoms with Crippen LogP contribution in [0.15, 0.2) is 12.3 Å². The Morgan fingerprint density at radius 3 is 2.73 bits per heavy atom. The van der Waals surface area contributed by atoms with Crippen molar-refractivity contribution in [2.75, 3.05) is 12.3 Å². The molecule has 15 heavy (non-hydrogen) atoms. The number of nitrogens with two attached hydrogens (primary N) is 2. The second-order valence-electron chi connectivity index (χ2n) is 4.00. The maximum absolute atomic E-state index is 12.0. The molecule has 0 aliphatic rings. The Balaban J connectivity index is 3.17. The SMILES string of the molecule is CC(C)(CN)C(=O)c1cc(Cl)cnc1N. The predicted molar refractivity (Wildman–Crippen MR) is 60.8 cm³/mol. The van der Waals surface area contributed by atoms with Crippen LogP contribution in [-0.4, -0.2) is 17.3 Å². The summed E-state index contributed by atoms with van der Waals surface area (Å²) in [6.45, 7) is 3.77. The van der Waals surface area contributed by atoms with Gasteiger partial charge in [-0.3, -0.25) is 4.79 Å². The van der Waals surface area contributed by atoms with Crippen molar-refractivity contribution >= 4 is 23.2 Å². The number of hydrogen-bond donors (Lipinski definition) is 2. The number of carbonyl (C=O) groups is 1. The topological polar surface area (TPSA) is 82.0 Å². The molecule has 0 radical (unpaired) electrons. The summed E-state index contributed by atoms with van der Waals surface area (Å²) in [4.78, 5) is 15.8. The lowest BCUT2D eigenvalue weighted by atomic mass is 9.84. The standard InChI is InChI=1S/C10H14ClN3O/c1-10(2,5-12)8(15)7-3-6(11)4-14-9(7)13/h3-4H,5,12H2,1-2H3,(H2,13,14). The summed E-state index contributed by atoms with van der Waals surface area (Å²) in [6, 6.07) is 1.52. The van der Waals surface area contributed by atoms with Gasteiger partial charge in [-0.2, -0.15) is 0 Å². The molecular formula is C10H14ClN3O. The third kappa shape index (κ3) is 2.46. The van der Waals surface area contributed by atoms with Crippen molar-refractivity contribution in [3.63, 3.8) is 0 Å². The van der Waals surface area contributed by atoms with E-state index >= 15 is 0 Å². The Labute approximate surface area is 93.6 Å². The quantitative estimate of drug-likeness (QED) is 0.767. The minimum Gasteiger partial charge on any atom is -0.383 e. The van der Waals surface area contributed by atoms with Crippen LogP contribution in [0.3, 0.4) is 0 Å². The Hall–Kier alpha value is -1.13. The van der Waals surface area contributed by atoms with Gasteiger partial charge in [-0.05, 0) is 6.07 Å². The molecule has 0 atom stereocenters. The van der Waals surface area contributed by atoms with E-state index in [1.807, 2.05) is 0 Å². The van der Waals surface area contributed by atoms with E-state index in [-0.39, 0.29) is 18.1 Å². The number of pyridine rings is 1. The smallest absolute Gasteiger partial charge is 0.173 e. The number of Topliss-reactive ketones (excluding diaryl/α,β-unsaturated/α-hetero) is 1. The van der Waals surface area contributed by atoms with Gasteiger partial charge in [0.25, 0.3) is 0 Å². The highest BCUT2D eigenvalue weighted by molar-refractivity contribution is 6.31.